The molecule has 0 bridgehead atoms. The van der Waals surface area contributed by atoms with Gasteiger partial charge in [-0.2, -0.15) is 0 Å². The van der Waals surface area contributed by atoms with Crippen LogP contribution >= 0.6 is 0 Å². The molecule has 2 N–H and O–H groups in total. The lowest BCUT2D eigenvalue weighted by Crippen LogP contribution is -2.36. The van der Waals surface area contributed by atoms with Crippen molar-refractivity contribution in [2.45, 2.75) is 25.8 Å². The van der Waals surface area contributed by atoms with Gasteiger partial charge in [0.25, 0.3) is 0 Å². The van der Waals surface area contributed by atoms with Crippen LogP contribution in [0.15, 0.2) is 18.2 Å². The van der Waals surface area contributed by atoms with E-state index in [-0.39, 0.29) is 6.54 Å². The normalized spacial score (nSPS) is 18.5. The maximum absolute atomic E-state index is 11.9. The van der Waals surface area contributed by atoms with Crippen LogP contribution in [-0.2, 0) is 16.1 Å². The maximum atomic E-state index is 11.9. The standard InChI is InChI=1S/C15H17NO5/c17-13(15(4-5-15)14(18)19)16-9-10-2-3-11-12(8-10)21-7-1-6-20-11/h2-3,8H,1,4-7,9H2,(H,16,17)(H,18,19). The lowest BCUT2D eigenvalue weighted by Gasteiger charge is -2.12. The maximum Gasteiger partial charge on any atom is 0.319 e. The predicted octanol–water partition coefficient (Wildman–Crippen LogP) is 1.33. The molecule has 0 unspecified atom stereocenters. The second-order valence-corrected chi connectivity index (χ2v) is 5.40. The summed E-state index contributed by atoms with van der Waals surface area (Å²) >= 11 is 0. The Morgan fingerprint density at radius 1 is 1.19 bits per heavy atom. The van der Waals surface area contributed by atoms with Gasteiger partial charge in [0.1, 0.15) is 5.41 Å². The minimum Gasteiger partial charge on any atom is -0.490 e. The summed E-state index contributed by atoms with van der Waals surface area (Å²) in [6, 6.07) is 5.47. The van der Waals surface area contributed by atoms with Crippen LogP contribution < -0.4 is 14.8 Å². The van der Waals surface area contributed by atoms with Crippen LogP contribution in [0.5, 0.6) is 11.5 Å². The zero-order chi connectivity index (χ0) is 14.9. The van der Waals surface area contributed by atoms with E-state index in [1.165, 1.54) is 0 Å². The number of hydrogen-bond donors (Lipinski definition) is 2. The van der Waals surface area contributed by atoms with Gasteiger partial charge in [-0.15, -0.1) is 0 Å². The summed E-state index contributed by atoms with van der Waals surface area (Å²) in [6.07, 6.45) is 1.66. The Bertz CT molecular complexity index is 579. The molecule has 1 amide bonds. The highest BCUT2D eigenvalue weighted by Crippen LogP contribution is 2.46. The van der Waals surface area contributed by atoms with Gasteiger partial charge in [0.15, 0.2) is 11.5 Å². The Labute approximate surface area is 122 Å². The fourth-order valence-corrected chi connectivity index (χ4v) is 2.33. The Morgan fingerprint density at radius 3 is 2.57 bits per heavy atom. The largest absolute Gasteiger partial charge is 0.490 e. The van der Waals surface area contributed by atoms with Gasteiger partial charge in [0.05, 0.1) is 13.2 Å². The van der Waals surface area contributed by atoms with E-state index >= 15 is 0 Å². The molecule has 0 atom stereocenters. The second kappa shape index (κ2) is 5.27. The van der Waals surface area contributed by atoms with E-state index in [0.29, 0.717) is 37.6 Å². The molecular formula is C15H17NO5. The third-order valence-corrected chi connectivity index (χ3v) is 3.86. The van der Waals surface area contributed by atoms with Crippen molar-refractivity contribution in [1.29, 1.82) is 0 Å². The van der Waals surface area contributed by atoms with Crippen LogP contribution in [0.25, 0.3) is 0 Å². The van der Waals surface area contributed by atoms with Crippen LogP contribution in [0.1, 0.15) is 24.8 Å². The monoisotopic (exact) mass is 291 g/mol. The average molecular weight is 291 g/mol. The molecule has 1 aliphatic carbocycles. The van der Waals surface area contributed by atoms with Gasteiger partial charge in [-0.05, 0) is 30.5 Å². The summed E-state index contributed by atoms with van der Waals surface area (Å²) in [7, 11) is 0. The summed E-state index contributed by atoms with van der Waals surface area (Å²) in [6.45, 7) is 1.51. The summed E-state index contributed by atoms with van der Waals surface area (Å²) in [5.41, 5.74) is -0.348. The van der Waals surface area contributed by atoms with Crippen molar-refractivity contribution in [3.05, 3.63) is 23.8 Å². The molecule has 3 rings (SSSR count). The van der Waals surface area contributed by atoms with Gasteiger partial charge in [0, 0.05) is 13.0 Å². The number of carboxylic acids is 1. The molecule has 1 aromatic rings. The van der Waals surface area contributed by atoms with E-state index in [0.717, 1.165) is 12.0 Å². The molecule has 1 heterocycles. The van der Waals surface area contributed by atoms with E-state index in [1.54, 1.807) is 0 Å². The topological polar surface area (TPSA) is 84.9 Å². The zero-order valence-electron chi connectivity index (χ0n) is 11.6. The molecule has 1 aliphatic heterocycles. The van der Waals surface area contributed by atoms with Gasteiger partial charge < -0.3 is 19.9 Å². The van der Waals surface area contributed by atoms with E-state index in [9.17, 15) is 9.59 Å². The molecule has 0 saturated heterocycles. The molecule has 6 nitrogen and oxygen atoms in total. The van der Waals surface area contributed by atoms with E-state index < -0.39 is 17.3 Å². The third kappa shape index (κ3) is 2.66. The molecule has 1 saturated carbocycles. The molecule has 0 spiro atoms. The lowest BCUT2D eigenvalue weighted by atomic mass is 10.1. The first-order valence-electron chi connectivity index (χ1n) is 7.02. The highest BCUT2D eigenvalue weighted by atomic mass is 16.5. The first-order valence-corrected chi connectivity index (χ1v) is 7.02. The zero-order valence-corrected chi connectivity index (χ0v) is 11.6. The molecule has 2 aliphatic rings. The quantitative estimate of drug-likeness (QED) is 0.817. The molecule has 1 aromatic carbocycles. The number of benzene rings is 1. The van der Waals surface area contributed by atoms with Crippen LogP contribution in [0.3, 0.4) is 0 Å². The third-order valence-electron chi connectivity index (χ3n) is 3.86. The van der Waals surface area contributed by atoms with Crippen LogP contribution in [-0.4, -0.2) is 30.2 Å². The lowest BCUT2D eigenvalue weighted by molar-refractivity contribution is -0.149. The van der Waals surface area contributed by atoms with E-state index in [1.807, 2.05) is 18.2 Å². The smallest absolute Gasteiger partial charge is 0.319 e. The highest BCUT2D eigenvalue weighted by molar-refractivity contribution is 6.04. The molecule has 1 fully saturated rings. The second-order valence-electron chi connectivity index (χ2n) is 5.40. The van der Waals surface area contributed by atoms with Crippen molar-refractivity contribution in [3.63, 3.8) is 0 Å². The first-order chi connectivity index (χ1) is 10.1. The Morgan fingerprint density at radius 2 is 1.90 bits per heavy atom. The first kappa shape index (κ1) is 13.7. The number of carboxylic acid groups (broad SMARTS) is 1. The SMILES string of the molecule is O=C(O)C1(C(=O)NCc2ccc3c(c2)OCCCO3)CC1. The summed E-state index contributed by atoms with van der Waals surface area (Å²) in [5.74, 6) is -0.0915. The number of aliphatic carboxylic acids is 1. The Balaban J connectivity index is 1.65. The number of fused-ring (bicyclic) bond motifs is 1. The minimum absolute atomic E-state index is 0.282. The molecule has 0 aromatic heterocycles. The summed E-state index contributed by atoms with van der Waals surface area (Å²) < 4.78 is 11.1. The van der Waals surface area contributed by atoms with Crippen molar-refractivity contribution in [2.24, 2.45) is 5.41 Å². The van der Waals surface area contributed by atoms with Crippen LogP contribution in [0, 0.1) is 5.41 Å². The molecule has 21 heavy (non-hydrogen) atoms. The van der Waals surface area contributed by atoms with E-state index in [4.69, 9.17) is 14.6 Å². The fraction of sp³-hybridized carbons (Fsp3) is 0.467. The van der Waals surface area contributed by atoms with Crippen molar-refractivity contribution in [2.75, 3.05) is 13.2 Å². The van der Waals surface area contributed by atoms with Crippen molar-refractivity contribution >= 4 is 11.9 Å². The minimum atomic E-state index is -1.20. The molecule has 112 valence electrons. The number of hydrogen-bond acceptors (Lipinski definition) is 4. The number of carbonyl (C=O) groups is 2. The van der Waals surface area contributed by atoms with Gasteiger partial charge in [0.2, 0.25) is 5.91 Å². The predicted molar refractivity (Wildman–Crippen MR) is 73.2 cm³/mol. The van der Waals surface area contributed by atoms with E-state index in [2.05, 4.69) is 5.32 Å². The van der Waals surface area contributed by atoms with Crippen molar-refractivity contribution < 1.29 is 24.2 Å². The Hall–Kier alpha value is -2.24. The molecule has 6 heteroatoms. The summed E-state index contributed by atoms with van der Waals surface area (Å²) in [5, 5.41) is 11.8. The fourth-order valence-electron chi connectivity index (χ4n) is 2.33. The molecular weight excluding hydrogens is 274 g/mol. The summed E-state index contributed by atoms with van der Waals surface area (Å²) in [4.78, 5) is 23.0. The van der Waals surface area contributed by atoms with Crippen LogP contribution in [0.4, 0.5) is 0 Å². The number of ether oxygens (including phenoxy) is 2. The van der Waals surface area contributed by atoms with Crippen molar-refractivity contribution in [1.82, 2.24) is 5.32 Å². The van der Waals surface area contributed by atoms with Gasteiger partial charge in [-0.1, -0.05) is 6.07 Å². The van der Waals surface area contributed by atoms with Gasteiger partial charge in [-0.25, -0.2) is 0 Å². The number of carbonyl (C=O) groups excluding carboxylic acids is 1. The molecule has 0 radical (unpaired) electrons. The number of amides is 1. The average Bonchev–Trinajstić information content (AvgIpc) is 3.28. The number of rotatable bonds is 4. The van der Waals surface area contributed by atoms with Crippen LogP contribution in [0.2, 0.25) is 0 Å². The Kier molecular flexibility index (Phi) is 3.45. The highest BCUT2D eigenvalue weighted by Gasteiger charge is 2.56. The van der Waals surface area contributed by atoms with Gasteiger partial charge >= 0.3 is 5.97 Å². The van der Waals surface area contributed by atoms with Crippen molar-refractivity contribution in [3.8, 4) is 11.5 Å². The van der Waals surface area contributed by atoms with Gasteiger partial charge in [-0.3, -0.25) is 9.59 Å². The number of nitrogens with one attached hydrogen (secondary N) is 1.